The van der Waals surface area contributed by atoms with Crippen LogP contribution in [0.15, 0.2) is 11.6 Å². The van der Waals surface area contributed by atoms with Gasteiger partial charge in [-0.15, -0.1) is 0 Å². The molecule has 1 saturated heterocycles. The van der Waals surface area contributed by atoms with Gasteiger partial charge in [-0.3, -0.25) is 14.4 Å². The molecule has 4 fully saturated rings. The van der Waals surface area contributed by atoms with Crippen molar-refractivity contribution in [3.8, 4) is 0 Å². The van der Waals surface area contributed by atoms with Gasteiger partial charge in [0.05, 0.1) is 22.9 Å². The van der Waals surface area contributed by atoms with Crippen LogP contribution in [0.4, 0.5) is 0 Å². The summed E-state index contributed by atoms with van der Waals surface area (Å²) in [5.74, 6) is -2.12. The zero-order valence-corrected chi connectivity index (χ0v) is 25.5. The van der Waals surface area contributed by atoms with Crippen LogP contribution in [0.5, 0.6) is 0 Å². The second-order valence-electron chi connectivity index (χ2n) is 15.1. The fraction of sp³-hybridized carbons (Fsp3) is 0.844. The van der Waals surface area contributed by atoms with E-state index in [9.17, 15) is 24.6 Å². The molecule has 9 atom stereocenters. The second kappa shape index (κ2) is 9.19. The number of ketones is 2. The molecular weight excluding hydrogens is 512 g/mol. The maximum Gasteiger partial charge on any atom is 0.303 e. The molecule has 8 heteroatoms. The number of hydrogen-bond acceptors (Lipinski definition) is 8. The number of fused-ring (bicyclic) bond motifs is 5. The molecule has 2 N–H and O–H groups in total. The predicted molar refractivity (Wildman–Crippen MR) is 147 cm³/mol. The van der Waals surface area contributed by atoms with E-state index in [0.29, 0.717) is 25.7 Å². The maximum atomic E-state index is 13.7. The molecule has 1 heterocycles. The van der Waals surface area contributed by atoms with Gasteiger partial charge in [0, 0.05) is 31.1 Å². The van der Waals surface area contributed by atoms with E-state index in [-0.39, 0.29) is 42.3 Å². The van der Waals surface area contributed by atoms with Gasteiger partial charge in [0.2, 0.25) is 0 Å². The van der Waals surface area contributed by atoms with Crippen LogP contribution >= 0.6 is 0 Å². The lowest BCUT2D eigenvalue weighted by Crippen LogP contribution is -2.62. The molecule has 40 heavy (non-hydrogen) atoms. The van der Waals surface area contributed by atoms with Crippen molar-refractivity contribution in [2.75, 3.05) is 0 Å². The monoisotopic (exact) mass is 560 g/mol. The van der Waals surface area contributed by atoms with E-state index in [2.05, 4.69) is 13.8 Å². The van der Waals surface area contributed by atoms with Crippen molar-refractivity contribution in [3.05, 3.63) is 11.6 Å². The van der Waals surface area contributed by atoms with E-state index < -0.39 is 51.4 Å². The number of hydrogen-bond donors (Lipinski definition) is 2. The number of carbonyl (C=O) groups excluding carboxylic acids is 3. The summed E-state index contributed by atoms with van der Waals surface area (Å²) < 4.78 is 18.4. The van der Waals surface area contributed by atoms with Crippen LogP contribution in [0.2, 0.25) is 0 Å². The third-order valence-electron chi connectivity index (χ3n) is 11.5. The van der Waals surface area contributed by atoms with Crippen LogP contribution < -0.4 is 0 Å². The Hall–Kier alpha value is -1.61. The number of allylic oxidation sites excluding steroid dienone is 1. The van der Waals surface area contributed by atoms with E-state index in [1.54, 1.807) is 19.9 Å². The predicted octanol–water partition coefficient (Wildman–Crippen LogP) is 4.43. The Labute approximate surface area is 238 Å². The van der Waals surface area contributed by atoms with Crippen molar-refractivity contribution in [2.45, 2.75) is 142 Å². The van der Waals surface area contributed by atoms with Crippen LogP contribution in [0.1, 0.15) is 107 Å². The van der Waals surface area contributed by atoms with Crippen LogP contribution in [-0.2, 0) is 28.6 Å². The summed E-state index contributed by atoms with van der Waals surface area (Å²) in [6, 6.07) is 0. The average molecular weight is 561 g/mol. The molecule has 8 nitrogen and oxygen atoms in total. The van der Waals surface area contributed by atoms with E-state index >= 15 is 0 Å². The van der Waals surface area contributed by atoms with Gasteiger partial charge in [-0.05, 0) is 102 Å². The number of esters is 1. The maximum absolute atomic E-state index is 13.7. The fourth-order valence-corrected chi connectivity index (χ4v) is 9.62. The van der Waals surface area contributed by atoms with Crippen LogP contribution in [0.3, 0.4) is 0 Å². The molecule has 0 radical (unpaired) electrons. The molecule has 0 aromatic rings. The molecular formula is C32H48O8. The van der Waals surface area contributed by atoms with Crippen molar-refractivity contribution in [1.82, 2.24) is 0 Å². The first-order valence-corrected chi connectivity index (χ1v) is 15.0. The molecule has 5 aliphatic rings. The summed E-state index contributed by atoms with van der Waals surface area (Å²) in [6.07, 6.45) is 4.78. The SMILES string of the molecule is CC(=O)OC1C[C@H]2C(=O)C=C3[C@H](CC[C@]4(C)[C@@H]([C@@]5(C)OC(C)(C)O[C@@H]5CCC(C)(C)O)CC[C@@]34O)[C@@]2(C)CC1=O. The number of Topliss-reactive ketones (excluding diaryl/α,β-unsaturated/α-hetero) is 1. The largest absolute Gasteiger partial charge is 0.455 e. The third-order valence-corrected chi connectivity index (χ3v) is 11.5. The van der Waals surface area contributed by atoms with Crippen molar-refractivity contribution >= 4 is 17.5 Å². The number of ether oxygens (including phenoxy) is 3. The Balaban J connectivity index is 1.49. The van der Waals surface area contributed by atoms with E-state index in [4.69, 9.17) is 14.2 Å². The lowest BCUT2D eigenvalue weighted by molar-refractivity contribution is -0.190. The average Bonchev–Trinajstić information content (AvgIpc) is 3.22. The fourth-order valence-electron chi connectivity index (χ4n) is 9.62. The van der Waals surface area contributed by atoms with Crippen molar-refractivity contribution in [2.24, 2.45) is 28.6 Å². The summed E-state index contributed by atoms with van der Waals surface area (Å²) in [4.78, 5) is 38.4. The first kappa shape index (κ1) is 29.9. The van der Waals surface area contributed by atoms with E-state index in [1.807, 2.05) is 20.8 Å². The number of rotatable bonds is 5. The second-order valence-corrected chi connectivity index (χ2v) is 15.1. The highest BCUT2D eigenvalue weighted by Gasteiger charge is 2.71. The molecule has 0 spiro atoms. The molecule has 0 bridgehead atoms. The third kappa shape index (κ3) is 4.43. The Morgan fingerprint density at radius 2 is 1.77 bits per heavy atom. The van der Waals surface area contributed by atoms with Gasteiger partial charge in [0.15, 0.2) is 23.5 Å². The van der Waals surface area contributed by atoms with Crippen molar-refractivity contribution < 1.29 is 38.8 Å². The normalized spacial score (nSPS) is 46.4. The topological polar surface area (TPSA) is 119 Å². The molecule has 4 aliphatic carbocycles. The Bertz CT molecular complexity index is 1130. The van der Waals surface area contributed by atoms with Crippen molar-refractivity contribution in [3.63, 3.8) is 0 Å². The quantitative estimate of drug-likeness (QED) is 0.474. The van der Waals surface area contributed by atoms with Gasteiger partial charge < -0.3 is 24.4 Å². The van der Waals surface area contributed by atoms with Gasteiger partial charge in [-0.2, -0.15) is 0 Å². The standard InChI is InChI=1S/C32H48O8/c1-18(33)38-24-16-21-22(34)15-20-19(29(21,6)17-23(24)35)9-13-30(7)25(10-14-32(20,30)37)31(8)26(11-12-27(2,3)36)39-28(4,5)40-31/h15,19,21,24-26,36-37H,9-14,16-17H2,1-8H3/t19-,21-,24?,25-,26+,29+,30+,31+,32+/m0/s1. The molecule has 1 aliphatic heterocycles. The molecule has 0 amide bonds. The van der Waals surface area contributed by atoms with Gasteiger partial charge >= 0.3 is 5.97 Å². The van der Waals surface area contributed by atoms with Gasteiger partial charge in [0.1, 0.15) is 0 Å². The van der Waals surface area contributed by atoms with E-state index in [1.165, 1.54) is 6.92 Å². The minimum atomic E-state index is -1.21. The Kier molecular flexibility index (Phi) is 6.86. The summed E-state index contributed by atoms with van der Waals surface area (Å²) in [6.45, 7) is 15.0. The first-order valence-electron chi connectivity index (χ1n) is 15.0. The molecule has 5 rings (SSSR count). The Morgan fingerprint density at radius 3 is 2.40 bits per heavy atom. The molecule has 0 aromatic carbocycles. The van der Waals surface area contributed by atoms with Gasteiger partial charge in [-0.1, -0.05) is 13.8 Å². The van der Waals surface area contributed by atoms with E-state index in [0.717, 1.165) is 18.4 Å². The van der Waals surface area contributed by atoms with Gasteiger partial charge in [0.25, 0.3) is 0 Å². The first-order chi connectivity index (χ1) is 18.3. The number of aliphatic hydroxyl groups is 2. The lowest BCUT2D eigenvalue weighted by Gasteiger charge is -2.60. The summed E-state index contributed by atoms with van der Waals surface area (Å²) in [7, 11) is 0. The molecule has 0 aromatic heterocycles. The minimum Gasteiger partial charge on any atom is -0.455 e. The minimum absolute atomic E-state index is 0.0394. The van der Waals surface area contributed by atoms with Crippen LogP contribution in [-0.4, -0.2) is 62.5 Å². The van der Waals surface area contributed by atoms with Crippen molar-refractivity contribution in [1.29, 1.82) is 0 Å². The zero-order chi connectivity index (χ0) is 29.7. The highest BCUT2D eigenvalue weighted by atomic mass is 16.8. The van der Waals surface area contributed by atoms with Crippen LogP contribution in [0.25, 0.3) is 0 Å². The molecule has 1 unspecified atom stereocenters. The highest BCUT2D eigenvalue weighted by Crippen LogP contribution is 2.69. The highest BCUT2D eigenvalue weighted by molar-refractivity contribution is 5.98. The smallest absolute Gasteiger partial charge is 0.303 e. The summed E-state index contributed by atoms with van der Waals surface area (Å²) in [5, 5.41) is 23.1. The molecule has 224 valence electrons. The van der Waals surface area contributed by atoms with Gasteiger partial charge in [-0.25, -0.2) is 0 Å². The summed E-state index contributed by atoms with van der Waals surface area (Å²) >= 11 is 0. The van der Waals surface area contributed by atoms with Crippen LogP contribution in [0, 0.1) is 28.6 Å². The Morgan fingerprint density at radius 1 is 1.10 bits per heavy atom. The number of carbonyl (C=O) groups is 3. The lowest BCUT2D eigenvalue weighted by atomic mass is 9.45. The molecule has 3 saturated carbocycles. The summed E-state index contributed by atoms with van der Waals surface area (Å²) in [5.41, 5.74) is -3.16. The zero-order valence-electron chi connectivity index (χ0n) is 25.5.